The van der Waals surface area contributed by atoms with E-state index >= 15 is 0 Å². The van der Waals surface area contributed by atoms with E-state index < -0.39 is 0 Å². The number of carbonyl (C=O) groups is 1. The average molecular weight is 299 g/mol. The number of thiophene rings is 1. The van der Waals surface area contributed by atoms with Crippen LogP contribution in [0.2, 0.25) is 0 Å². The lowest BCUT2D eigenvalue weighted by Gasteiger charge is -2.20. The highest BCUT2D eigenvalue weighted by molar-refractivity contribution is 7.10. The normalized spacial score (nSPS) is 15.3. The number of fused-ring (bicyclic) bond motifs is 1. The van der Waals surface area contributed by atoms with E-state index in [9.17, 15) is 4.79 Å². The molecule has 110 valence electrons. The highest BCUT2D eigenvalue weighted by Crippen LogP contribution is 2.24. The van der Waals surface area contributed by atoms with Gasteiger partial charge in [0.15, 0.2) is 0 Å². The van der Waals surface area contributed by atoms with Gasteiger partial charge in [0, 0.05) is 4.88 Å². The van der Waals surface area contributed by atoms with Crippen molar-refractivity contribution < 1.29 is 4.79 Å². The Morgan fingerprint density at radius 1 is 1.24 bits per heavy atom. The van der Waals surface area contributed by atoms with Crippen LogP contribution < -0.4 is 5.32 Å². The Morgan fingerprint density at radius 2 is 2.05 bits per heavy atom. The van der Waals surface area contributed by atoms with Crippen LogP contribution in [-0.4, -0.2) is 5.91 Å². The van der Waals surface area contributed by atoms with Gasteiger partial charge in [0.05, 0.1) is 12.5 Å². The topological polar surface area (TPSA) is 29.1 Å². The van der Waals surface area contributed by atoms with Crippen LogP contribution in [0.25, 0.3) is 0 Å². The van der Waals surface area contributed by atoms with E-state index in [4.69, 9.17) is 0 Å². The van der Waals surface area contributed by atoms with Crippen molar-refractivity contribution in [2.75, 3.05) is 0 Å². The van der Waals surface area contributed by atoms with Crippen molar-refractivity contribution in [3.63, 3.8) is 0 Å². The summed E-state index contributed by atoms with van der Waals surface area (Å²) in [4.78, 5) is 13.2. The molecule has 0 spiro atoms. The number of nitrogens with one attached hydrogen (secondary N) is 1. The standard InChI is InChI=1S/C18H21NOS/c1-13(19-18(20)12-17-7-4-10-21-17)15-9-8-14-5-2-3-6-16(14)11-15/h4,7-11,13H,2-3,5-6,12H2,1H3,(H,19,20)/t13-/m1/s1. The van der Waals surface area contributed by atoms with Crippen molar-refractivity contribution in [1.82, 2.24) is 5.32 Å². The third kappa shape index (κ3) is 3.53. The Hall–Kier alpha value is -1.61. The van der Waals surface area contributed by atoms with E-state index in [1.165, 1.54) is 42.4 Å². The molecule has 0 fully saturated rings. The predicted octanol–water partition coefficient (Wildman–Crippen LogP) is 4.05. The number of carbonyl (C=O) groups excluding carboxylic acids is 1. The minimum atomic E-state index is 0.0738. The SMILES string of the molecule is C[C@@H](NC(=O)Cc1cccs1)c1ccc2c(c1)CCCC2. The third-order valence-electron chi connectivity index (χ3n) is 4.16. The molecule has 3 rings (SSSR count). The number of rotatable bonds is 4. The van der Waals surface area contributed by atoms with Crippen LogP contribution in [0.3, 0.4) is 0 Å². The van der Waals surface area contributed by atoms with Crippen LogP contribution in [0.4, 0.5) is 0 Å². The summed E-state index contributed by atoms with van der Waals surface area (Å²) < 4.78 is 0. The van der Waals surface area contributed by atoms with Crippen LogP contribution in [0.15, 0.2) is 35.7 Å². The summed E-state index contributed by atoms with van der Waals surface area (Å²) in [5, 5.41) is 5.12. The molecule has 2 nitrogen and oxygen atoms in total. The summed E-state index contributed by atoms with van der Waals surface area (Å²) in [5.41, 5.74) is 4.18. The van der Waals surface area contributed by atoms with Crippen LogP contribution >= 0.6 is 11.3 Å². The molecule has 2 aromatic rings. The fourth-order valence-corrected chi connectivity index (χ4v) is 3.67. The van der Waals surface area contributed by atoms with Gasteiger partial charge in [0.2, 0.25) is 5.91 Å². The van der Waals surface area contributed by atoms with Crippen molar-refractivity contribution >= 4 is 17.2 Å². The van der Waals surface area contributed by atoms with Crippen LogP contribution in [0.1, 0.15) is 47.4 Å². The zero-order valence-electron chi connectivity index (χ0n) is 12.4. The van der Waals surface area contributed by atoms with Gasteiger partial charge in [0.1, 0.15) is 0 Å². The molecule has 1 aliphatic rings. The largest absolute Gasteiger partial charge is 0.349 e. The average Bonchev–Trinajstić information content (AvgIpc) is 2.99. The van der Waals surface area contributed by atoms with Crippen molar-refractivity contribution in [2.45, 2.75) is 45.1 Å². The van der Waals surface area contributed by atoms with Crippen LogP contribution in [-0.2, 0) is 24.1 Å². The van der Waals surface area contributed by atoms with Crippen LogP contribution in [0, 0.1) is 0 Å². The molecule has 0 aliphatic heterocycles. The van der Waals surface area contributed by atoms with E-state index in [0.717, 1.165) is 4.88 Å². The summed E-state index contributed by atoms with van der Waals surface area (Å²) in [7, 11) is 0. The Bertz CT molecular complexity index is 618. The lowest BCUT2D eigenvalue weighted by molar-refractivity contribution is -0.121. The van der Waals surface area contributed by atoms with Gasteiger partial charge in [-0.15, -0.1) is 11.3 Å². The smallest absolute Gasteiger partial charge is 0.225 e. The monoisotopic (exact) mass is 299 g/mol. The summed E-state index contributed by atoms with van der Waals surface area (Å²) in [6, 6.07) is 10.8. The second-order valence-electron chi connectivity index (χ2n) is 5.78. The maximum atomic E-state index is 12.1. The van der Waals surface area contributed by atoms with E-state index in [2.05, 4.69) is 30.4 Å². The second kappa shape index (κ2) is 6.44. The number of benzene rings is 1. The quantitative estimate of drug-likeness (QED) is 0.906. The second-order valence-corrected chi connectivity index (χ2v) is 6.81. The third-order valence-corrected chi connectivity index (χ3v) is 5.04. The molecule has 0 saturated heterocycles. The lowest BCUT2D eigenvalue weighted by atomic mass is 9.89. The Balaban J connectivity index is 1.64. The minimum Gasteiger partial charge on any atom is -0.349 e. The number of hydrogen-bond acceptors (Lipinski definition) is 2. The molecule has 0 saturated carbocycles. The molecule has 1 atom stereocenters. The molecule has 1 aromatic carbocycles. The summed E-state index contributed by atoms with van der Waals surface area (Å²) in [6.45, 7) is 2.07. The first kappa shape index (κ1) is 14.3. The van der Waals surface area contributed by atoms with E-state index in [-0.39, 0.29) is 11.9 Å². The van der Waals surface area contributed by atoms with Gasteiger partial charge >= 0.3 is 0 Å². The molecule has 3 heteroatoms. The van der Waals surface area contributed by atoms with Gasteiger partial charge in [-0.2, -0.15) is 0 Å². The van der Waals surface area contributed by atoms with Gasteiger partial charge in [-0.25, -0.2) is 0 Å². The maximum Gasteiger partial charge on any atom is 0.225 e. The fraction of sp³-hybridized carbons (Fsp3) is 0.389. The molecule has 1 heterocycles. The highest BCUT2D eigenvalue weighted by atomic mass is 32.1. The van der Waals surface area contributed by atoms with Gasteiger partial charge in [-0.05, 0) is 60.7 Å². The van der Waals surface area contributed by atoms with Gasteiger partial charge in [-0.3, -0.25) is 4.79 Å². The number of aryl methyl sites for hydroxylation is 2. The van der Waals surface area contributed by atoms with Gasteiger partial charge < -0.3 is 5.32 Å². The minimum absolute atomic E-state index is 0.0738. The van der Waals surface area contributed by atoms with E-state index in [1.54, 1.807) is 11.3 Å². The molecule has 1 aliphatic carbocycles. The zero-order valence-corrected chi connectivity index (χ0v) is 13.2. The maximum absolute atomic E-state index is 12.1. The molecule has 1 aromatic heterocycles. The van der Waals surface area contributed by atoms with E-state index in [1.807, 2.05) is 17.5 Å². The van der Waals surface area contributed by atoms with Gasteiger partial charge in [0.25, 0.3) is 0 Å². The van der Waals surface area contributed by atoms with Gasteiger partial charge in [-0.1, -0.05) is 24.3 Å². The molecule has 1 amide bonds. The molecule has 0 bridgehead atoms. The molecule has 1 N–H and O–H groups in total. The van der Waals surface area contributed by atoms with Crippen molar-refractivity contribution in [3.8, 4) is 0 Å². The van der Waals surface area contributed by atoms with Crippen molar-refractivity contribution in [2.24, 2.45) is 0 Å². The van der Waals surface area contributed by atoms with Crippen molar-refractivity contribution in [1.29, 1.82) is 0 Å². The first-order valence-corrected chi connectivity index (χ1v) is 8.54. The Kier molecular flexibility index (Phi) is 4.39. The Morgan fingerprint density at radius 3 is 2.81 bits per heavy atom. The molecule has 0 unspecified atom stereocenters. The number of hydrogen-bond donors (Lipinski definition) is 1. The molecular formula is C18H21NOS. The summed E-state index contributed by atoms with van der Waals surface area (Å²) in [5.74, 6) is 0.0997. The predicted molar refractivity (Wildman–Crippen MR) is 87.7 cm³/mol. The number of amides is 1. The Labute approximate surface area is 130 Å². The first-order chi connectivity index (χ1) is 10.2. The van der Waals surface area contributed by atoms with Crippen molar-refractivity contribution in [3.05, 3.63) is 57.3 Å². The molecular weight excluding hydrogens is 278 g/mol. The van der Waals surface area contributed by atoms with E-state index in [0.29, 0.717) is 6.42 Å². The molecule has 0 radical (unpaired) electrons. The summed E-state index contributed by atoms with van der Waals surface area (Å²) in [6.07, 6.45) is 5.45. The summed E-state index contributed by atoms with van der Waals surface area (Å²) >= 11 is 1.63. The highest BCUT2D eigenvalue weighted by Gasteiger charge is 2.14. The first-order valence-electron chi connectivity index (χ1n) is 7.66. The zero-order chi connectivity index (χ0) is 14.7. The van der Waals surface area contributed by atoms with Crippen LogP contribution in [0.5, 0.6) is 0 Å². The lowest BCUT2D eigenvalue weighted by Crippen LogP contribution is -2.28. The molecule has 21 heavy (non-hydrogen) atoms. The fourth-order valence-electron chi connectivity index (χ4n) is 2.97.